The molecule has 1 heterocycles. The van der Waals surface area contributed by atoms with Crippen molar-refractivity contribution in [1.82, 2.24) is 4.90 Å². The molecular formula is C8H16N2O3S. The lowest BCUT2D eigenvalue weighted by molar-refractivity contribution is -0.132. The molecule has 0 saturated carbocycles. The standard InChI is InChI=1S/C8H16N2O3S/c9-1-6-14(12)7-8(11)10-2-4-13-5-3-10/h1-7,9H2. The summed E-state index contributed by atoms with van der Waals surface area (Å²) in [5, 5.41) is 0. The van der Waals surface area contributed by atoms with Gasteiger partial charge in [0.05, 0.1) is 13.2 Å². The predicted octanol–water partition coefficient (Wildman–Crippen LogP) is -1.45. The van der Waals surface area contributed by atoms with Gasteiger partial charge in [-0.25, -0.2) is 0 Å². The maximum absolute atomic E-state index is 11.5. The molecule has 1 aliphatic heterocycles. The van der Waals surface area contributed by atoms with E-state index in [2.05, 4.69) is 0 Å². The van der Waals surface area contributed by atoms with Crippen LogP contribution in [0.5, 0.6) is 0 Å². The zero-order chi connectivity index (χ0) is 10.4. The lowest BCUT2D eigenvalue weighted by Gasteiger charge is -2.26. The van der Waals surface area contributed by atoms with Crippen molar-refractivity contribution in [3.8, 4) is 0 Å². The number of carbonyl (C=O) groups is 1. The highest BCUT2D eigenvalue weighted by atomic mass is 32.2. The topological polar surface area (TPSA) is 72.6 Å². The number of rotatable bonds is 4. The predicted molar refractivity (Wildman–Crippen MR) is 54.3 cm³/mol. The lowest BCUT2D eigenvalue weighted by Crippen LogP contribution is -2.43. The van der Waals surface area contributed by atoms with Gasteiger partial charge in [-0.1, -0.05) is 0 Å². The molecule has 0 aromatic rings. The van der Waals surface area contributed by atoms with Crippen LogP contribution in [0, 0.1) is 0 Å². The summed E-state index contributed by atoms with van der Waals surface area (Å²) in [5.41, 5.74) is 5.25. The second-order valence-corrected chi connectivity index (χ2v) is 4.65. The van der Waals surface area contributed by atoms with Crippen LogP contribution in [0.2, 0.25) is 0 Å². The number of hydrogen-bond acceptors (Lipinski definition) is 4. The third-order valence-corrected chi connectivity index (χ3v) is 3.25. The second kappa shape index (κ2) is 6.10. The summed E-state index contributed by atoms with van der Waals surface area (Å²) < 4.78 is 16.4. The molecule has 6 heteroatoms. The molecule has 82 valence electrons. The second-order valence-electron chi connectivity index (χ2n) is 3.07. The van der Waals surface area contributed by atoms with Crippen molar-refractivity contribution in [3.05, 3.63) is 0 Å². The molecule has 1 rings (SSSR count). The summed E-state index contributed by atoms with van der Waals surface area (Å²) in [5.74, 6) is 0.438. The molecule has 14 heavy (non-hydrogen) atoms. The molecule has 1 unspecified atom stereocenters. The number of nitrogens with zero attached hydrogens (tertiary/aromatic N) is 1. The number of morpholine rings is 1. The first-order chi connectivity index (χ1) is 6.74. The van der Waals surface area contributed by atoms with Crippen molar-refractivity contribution in [2.75, 3.05) is 44.4 Å². The van der Waals surface area contributed by atoms with Gasteiger partial charge in [-0.15, -0.1) is 0 Å². The minimum atomic E-state index is -1.11. The van der Waals surface area contributed by atoms with Crippen molar-refractivity contribution in [3.63, 3.8) is 0 Å². The first-order valence-electron chi connectivity index (χ1n) is 4.64. The molecule has 1 atom stereocenters. The van der Waals surface area contributed by atoms with Gasteiger partial charge in [-0.3, -0.25) is 9.00 Å². The Kier molecular flexibility index (Phi) is 5.06. The Labute approximate surface area is 86.0 Å². The van der Waals surface area contributed by atoms with E-state index in [1.807, 2.05) is 0 Å². The molecule has 5 nitrogen and oxygen atoms in total. The Balaban J connectivity index is 2.29. The number of amides is 1. The number of nitrogens with two attached hydrogens (primary N) is 1. The third kappa shape index (κ3) is 3.73. The number of hydrogen-bond donors (Lipinski definition) is 1. The van der Waals surface area contributed by atoms with Crippen LogP contribution in [0.3, 0.4) is 0 Å². The van der Waals surface area contributed by atoms with Crippen LogP contribution in [-0.4, -0.2) is 59.4 Å². The molecule has 1 amide bonds. The van der Waals surface area contributed by atoms with Crippen LogP contribution in [-0.2, 0) is 20.3 Å². The third-order valence-electron chi connectivity index (χ3n) is 1.99. The van der Waals surface area contributed by atoms with Crippen molar-refractivity contribution in [2.24, 2.45) is 5.73 Å². The van der Waals surface area contributed by atoms with Gasteiger partial charge in [0, 0.05) is 36.2 Å². The quantitative estimate of drug-likeness (QED) is 0.629. The normalized spacial score (nSPS) is 19.4. The minimum absolute atomic E-state index is 0.0555. The van der Waals surface area contributed by atoms with E-state index in [9.17, 15) is 9.00 Å². The Bertz CT molecular complexity index is 217. The van der Waals surface area contributed by atoms with E-state index >= 15 is 0 Å². The summed E-state index contributed by atoms with van der Waals surface area (Å²) >= 11 is 0. The molecule has 0 spiro atoms. The van der Waals surface area contributed by atoms with Crippen LogP contribution in [0.25, 0.3) is 0 Å². The van der Waals surface area contributed by atoms with Crippen molar-refractivity contribution in [2.45, 2.75) is 0 Å². The average Bonchev–Trinajstić information content (AvgIpc) is 2.19. The molecule has 1 aliphatic rings. The molecule has 2 N–H and O–H groups in total. The highest BCUT2D eigenvalue weighted by molar-refractivity contribution is 7.85. The van der Waals surface area contributed by atoms with E-state index in [1.54, 1.807) is 4.90 Å². The molecular weight excluding hydrogens is 204 g/mol. The maximum Gasteiger partial charge on any atom is 0.235 e. The van der Waals surface area contributed by atoms with E-state index in [4.69, 9.17) is 10.5 Å². The maximum atomic E-state index is 11.5. The van der Waals surface area contributed by atoms with E-state index in [0.717, 1.165) is 0 Å². The monoisotopic (exact) mass is 220 g/mol. The Hall–Kier alpha value is -0.460. The van der Waals surface area contributed by atoms with Crippen molar-refractivity contribution in [1.29, 1.82) is 0 Å². The first-order valence-corrected chi connectivity index (χ1v) is 6.13. The Morgan fingerprint density at radius 2 is 2.07 bits per heavy atom. The SMILES string of the molecule is NCCS(=O)CC(=O)N1CCOCC1. The summed E-state index contributed by atoms with van der Waals surface area (Å²) in [6.45, 7) is 2.74. The lowest BCUT2D eigenvalue weighted by atomic mass is 10.4. The highest BCUT2D eigenvalue weighted by Gasteiger charge is 2.18. The van der Waals surface area contributed by atoms with Gasteiger partial charge >= 0.3 is 0 Å². The van der Waals surface area contributed by atoms with Gasteiger partial charge in [-0.2, -0.15) is 0 Å². The molecule has 0 bridgehead atoms. The number of ether oxygens (including phenoxy) is 1. The molecule has 1 saturated heterocycles. The zero-order valence-electron chi connectivity index (χ0n) is 8.11. The fourth-order valence-electron chi connectivity index (χ4n) is 1.25. The fourth-order valence-corrected chi connectivity index (χ4v) is 2.11. The van der Waals surface area contributed by atoms with Gasteiger partial charge in [0.15, 0.2) is 0 Å². The van der Waals surface area contributed by atoms with E-state index < -0.39 is 10.8 Å². The van der Waals surface area contributed by atoms with Gasteiger partial charge in [0.1, 0.15) is 5.75 Å². The summed E-state index contributed by atoms with van der Waals surface area (Å²) in [6, 6.07) is 0. The number of carbonyl (C=O) groups excluding carboxylic acids is 1. The minimum Gasteiger partial charge on any atom is -0.378 e. The molecule has 0 radical (unpaired) electrons. The molecule has 0 aromatic heterocycles. The fraction of sp³-hybridized carbons (Fsp3) is 0.875. The van der Waals surface area contributed by atoms with E-state index in [1.165, 1.54) is 0 Å². The highest BCUT2D eigenvalue weighted by Crippen LogP contribution is 1.98. The van der Waals surface area contributed by atoms with Gasteiger partial charge in [0.2, 0.25) is 5.91 Å². The molecule has 1 fully saturated rings. The van der Waals surface area contributed by atoms with Crippen LogP contribution < -0.4 is 5.73 Å². The smallest absolute Gasteiger partial charge is 0.235 e. The molecule has 0 aromatic carbocycles. The van der Waals surface area contributed by atoms with E-state index in [0.29, 0.717) is 38.6 Å². The van der Waals surface area contributed by atoms with Gasteiger partial charge in [-0.05, 0) is 0 Å². The summed E-state index contributed by atoms with van der Waals surface area (Å²) in [7, 11) is -1.11. The summed E-state index contributed by atoms with van der Waals surface area (Å²) in [4.78, 5) is 13.2. The van der Waals surface area contributed by atoms with Crippen LogP contribution >= 0.6 is 0 Å². The summed E-state index contributed by atoms with van der Waals surface area (Å²) in [6.07, 6.45) is 0. The van der Waals surface area contributed by atoms with Gasteiger partial charge < -0.3 is 15.4 Å². The van der Waals surface area contributed by atoms with Crippen LogP contribution in [0.4, 0.5) is 0 Å². The Morgan fingerprint density at radius 3 is 2.64 bits per heavy atom. The average molecular weight is 220 g/mol. The largest absolute Gasteiger partial charge is 0.378 e. The Morgan fingerprint density at radius 1 is 1.43 bits per heavy atom. The first kappa shape index (κ1) is 11.6. The zero-order valence-corrected chi connectivity index (χ0v) is 8.92. The van der Waals surface area contributed by atoms with Crippen LogP contribution in [0.15, 0.2) is 0 Å². The van der Waals surface area contributed by atoms with E-state index in [-0.39, 0.29) is 11.7 Å². The van der Waals surface area contributed by atoms with Crippen molar-refractivity contribution >= 4 is 16.7 Å². The molecule has 0 aliphatic carbocycles. The van der Waals surface area contributed by atoms with Gasteiger partial charge in [0.25, 0.3) is 0 Å². The van der Waals surface area contributed by atoms with Crippen LogP contribution in [0.1, 0.15) is 0 Å². The van der Waals surface area contributed by atoms with Crippen molar-refractivity contribution < 1.29 is 13.7 Å².